The Labute approximate surface area is 91.7 Å². The van der Waals surface area contributed by atoms with Gasteiger partial charge in [-0.05, 0) is 0 Å². The normalized spacial score (nSPS) is 9.83. The van der Waals surface area contributed by atoms with Crippen molar-refractivity contribution in [3.63, 3.8) is 0 Å². The first kappa shape index (κ1) is 23.3. The molecule has 0 saturated carbocycles. The molecule has 12 heteroatoms. The van der Waals surface area contributed by atoms with Crippen LogP contribution in [0.5, 0.6) is 0 Å². The molecule has 0 heterocycles. The topological polar surface area (TPSA) is 172 Å². The van der Waals surface area contributed by atoms with Gasteiger partial charge in [0.15, 0.2) is 0 Å². The van der Waals surface area contributed by atoms with Crippen LogP contribution in [0.2, 0.25) is 0 Å². The van der Waals surface area contributed by atoms with Crippen LogP contribution in [0.4, 0.5) is 0 Å². The van der Waals surface area contributed by atoms with Crippen LogP contribution < -0.4 is 29.4 Å². The van der Waals surface area contributed by atoms with Crippen LogP contribution in [-0.2, 0) is 46.7 Å². The van der Waals surface area contributed by atoms with Crippen LogP contribution in [0.1, 0.15) is 0 Å². The third-order valence-corrected chi connectivity index (χ3v) is 0. The molecular formula is NiO8P2W. The minimum atomic E-state index is -5.39. The van der Waals surface area contributed by atoms with E-state index in [-0.39, 0.29) is 37.6 Å². The number of phosphoric acid groups is 2. The number of hydrogen-bond acceptors (Lipinski definition) is 8. The van der Waals surface area contributed by atoms with Crippen molar-refractivity contribution in [2.24, 2.45) is 0 Å². The van der Waals surface area contributed by atoms with E-state index in [1.807, 2.05) is 0 Å². The van der Waals surface area contributed by atoms with E-state index >= 15 is 0 Å². The monoisotopic (exact) mass is 432 g/mol. The van der Waals surface area contributed by atoms with E-state index < -0.39 is 15.6 Å². The Balaban J connectivity index is -0.0000000457. The zero-order valence-electron chi connectivity index (χ0n) is 4.88. The summed E-state index contributed by atoms with van der Waals surface area (Å²) in [5.41, 5.74) is 0. The van der Waals surface area contributed by atoms with Crippen molar-refractivity contribution in [1.82, 2.24) is 0 Å². The predicted molar refractivity (Wildman–Crippen MR) is 15.2 cm³/mol. The van der Waals surface area contributed by atoms with E-state index in [2.05, 4.69) is 0 Å². The molecule has 0 atom stereocenters. The van der Waals surface area contributed by atoms with Crippen molar-refractivity contribution in [2.75, 3.05) is 0 Å². The summed E-state index contributed by atoms with van der Waals surface area (Å²) in [6.07, 6.45) is 0. The molecule has 0 saturated heterocycles. The Morgan fingerprint density at radius 2 is 0.667 bits per heavy atom. The molecule has 0 aliphatic carbocycles. The summed E-state index contributed by atoms with van der Waals surface area (Å²) in [4.78, 5) is 51.3. The van der Waals surface area contributed by atoms with E-state index in [9.17, 15) is 0 Å². The summed E-state index contributed by atoms with van der Waals surface area (Å²) >= 11 is 0. The molecule has 0 rings (SSSR count). The number of hydrogen-bond donors (Lipinski definition) is 0. The quantitative estimate of drug-likeness (QED) is 0.269. The van der Waals surface area contributed by atoms with Crippen LogP contribution in [0.15, 0.2) is 0 Å². The first-order chi connectivity index (χ1) is 4.00. The number of rotatable bonds is 0. The Bertz CT molecular complexity index is 129. The van der Waals surface area contributed by atoms with Gasteiger partial charge in [-0.1, -0.05) is 0 Å². The van der Waals surface area contributed by atoms with Gasteiger partial charge in [-0.15, -0.1) is 0 Å². The van der Waals surface area contributed by atoms with Gasteiger partial charge in [0, 0.05) is 0 Å². The first-order valence-electron chi connectivity index (χ1n) is 1.46. The van der Waals surface area contributed by atoms with E-state index in [1.54, 1.807) is 0 Å². The van der Waals surface area contributed by atoms with Crippen LogP contribution in [0, 0.1) is 0 Å². The molecule has 0 fully saturated rings. The molecule has 8 nitrogen and oxygen atoms in total. The molecule has 0 aliphatic rings. The van der Waals surface area contributed by atoms with Gasteiger partial charge in [0.05, 0.1) is 0 Å². The third kappa shape index (κ3) is 628. The standard InChI is InChI=1S/Ni.2H3O4P.W/c;2*1-5(2,3)4;/h;2*(H3,1,2,3,4);/q+2;;;+4/p-6. The fourth-order valence-electron chi connectivity index (χ4n) is 0. The molecule has 12 heavy (non-hydrogen) atoms. The Morgan fingerprint density at radius 1 is 0.667 bits per heavy atom. The largest absolute Gasteiger partial charge is 4.00 e. The van der Waals surface area contributed by atoms with Gasteiger partial charge in [0.1, 0.15) is 0 Å². The Morgan fingerprint density at radius 3 is 0.667 bits per heavy atom. The van der Waals surface area contributed by atoms with Crippen molar-refractivity contribution in [3.05, 3.63) is 0 Å². The molecule has 74 valence electrons. The maximum Gasteiger partial charge on any atom is 4.00 e. The Hall–Kier alpha value is 1.40. The van der Waals surface area contributed by atoms with Crippen molar-refractivity contribution < 1.29 is 76.0 Å². The molecule has 0 spiro atoms. The van der Waals surface area contributed by atoms with Crippen molar-refractivity contribution in [2.45, 2.75) is 0 Å². The van der Waals surface area contributed by atoms with Crippen LogP contribution >= 0.6 is 15.6 Å². The molecule has 0 aliphatic heterocycles. The zero-order chi connectivity index (χ0) is 9.00. The first-order valence-corrected chi connectivity index (χ1v) is 4.38. The van der Waals surface area contributed by atoms with Crippen molar-refractivity contribution >= 4 is 15.6 Å². The zero-order valence-corrected chi connectivity index (χ0v) is 10.6. The molecule has 0 unspecified atom stereocenters. The second-order valence-electron chi connectivity index (χ2n) is 0.894. The average molecular weight is 432 g/mol. The molecule has 0 aromatic rings. The maximum absolute atomic E-state index is 8.55. The third-order valence-electron chi connectivity index (χ3n) is 0. The SMILES string of the molecule is O=P([O-])([O-])[O-].O=P([O-])([O-])[O-].[Ni+2].[W+4]. The van der Waals surface area contributed by atoms with Gasteiger partial charge in [-0.25, -0.2) is 0 Å². The van der Waals surface area contributed by atoms with Crippen LogP contribution in [-0.4, -0.2) is 0 Å². The molecule has 0 aromatic heterocycles. The van der Waals surface area contributed by atoms with Gasteiger partial charge in [-0.2, -0.15) is 15.6 Å². The van der Waals surface area contributed by atoms with Gasteiger partial charge in [-0.3, -0.25) is 0 Å². The second kappa shape index (κ2) is 8.98. The minimum absolute atomic E-state index is 0. The van der Waals surface area contributed by atoms with Gasteiger partial charge in [0.2, 0.25) is 0 Å². The van der Waals surface area contributed by atoms with E-state index in [0.29, 0.717) is 0 Å². The molecule has 0 amide bonds. The van der Waals surface area contributed by atoms with Crippen molar-refractivity contribution in [3.8, 4) is 0 Å². The van der Waals surface area contributed by atoms with Crippen molar-refractivity contribution in [1.29, 1.82) is 0 Å². The predicted octanol–water partition coefficient (Wildman–Crippen LogP) is -5.65. The fourth-order valence-corrected chi connectivity index (χ4v) is 0. The molecule has 0 bridgehead atoms. The molecule has 0 radical (unpaired) electrons. The van der Waals surface area contributed by atoms with Crippen LogP contribution in [0.3, 0.4) is 0 Å². The van der Waals surface area contributed by atoms with Gasteiger partial charge in [0.25, 0.3) is 0 Å². The molecule has 0 aromatic carbocycles. The van der Waals surface area contributed by atoms with Crippen LogP contribution in [0.25, 0.3) is 0 Å². The summed E-state index contributed by atoms with van der Waals surface area (Å²) in [6.45, 7) is 0. The van der Waals surface area contributed by atoms with Gasteiger partial charge < -0.3 is 38.5 Å². The molecule has 0 N–H and O–H groups in total. The smallest absolute Gasteiger partial charge is 0.822 e. The minimum Gasteiger partial charge on any atom is -0.822 e. The van der Waals surface area contributed by atoms with E-state index in [4.69, 9.17) is 38.5 Å². The summed E-state index contributed by atoms with van der Waals surface area (Å²) < 4.78 is 17.1. The Kier molecular flexibility index (Phi) is 17.4. The average Bonchev–Trinajstić information content (AvgIpc) is 1.12. The summed E-state index contributed by atoms with van der Waals surface area (Å²) in [6, 6.07) is 0. The summed E-state index contributed by atoms with van der Waals surface area (Å²) in [7, 11) is -10.8. The second-order valence-corrected chi connectivity index (χ2v) is 2.68. The molecular weight excluding hydrogens is 432 g/mol. The van der Waals surface area contributed by atoms with E-state index in [1.165, 1.54) is 0 Å². The fraction of sp³-hybridized carbons (Fsp3) is 0. The summed E-state index contributed by atoms with van der Waals surface area (Å²) in [5, 5.41) is 0. The van der Waals surface area contributed by atoms with Gasteiger partial charge >= 0.3 is 37.6 Å². The van der Waals surface area contributed by atoms with E-state index in [0.717, 1.165) is 0 Å². The summed E-state index contributed by atoms with van der Waals surface area (Å²) in [5.74, 6) is 0. The maximum atomic E-state index is 8.55.